The van der Waals surface area contributed by atoms with Gasteiger partial charge in [0.25, 0.3) is 5.91 Å². The Bertz CT molecular complexity index is 782. The topological polar surface area (TPSA) is 58.5 Å². The molecule has 0 atom stereocenters. The van der Waals surface area contributed by atoms with Crippen molar-refractivity contribution in [2.24, 2.45) is 5.10 Å². The van der Waals surface area contributed by atoms with Gasteiger partial charge in [-0.3, -0.25) is 9.59 Å². The highest BCUT2D eigenvalue weighted by molar-refractivity contribution is 6.33. The van der Waals surface area contributed by atoms with Crippen molar-refractivity contribution < 1.29 is 9.59 Å². The Hall–Kier alpha value is -2.72. The van der Waals surface area contributed by atoms with Crippen LogP contribution in [0.25, 0.3) is 6.08 Å². The minimum absolute atomic E-state index is 0.0517. The Balaban J connectivity index is 2.05. The predicted octanol–water partition coefficient (Wildman–Crippen LogP) is 3.71. The second kappa shape index (κ2) is 8.06. The molecule has 0 fully saturated rings. The number of allylic oxidation sites excluding steroid dienone is 1. The van der Waals surface area contributed by atoms with Gasteiger partial charge in [-0.1, -0.05) is 48.0 Å². The van der Waals surface area contributed by atoms with Gasteiger partial charge >= 0.3 is 0 Å². The van der Waals surface area contributed by atoms with Crippen molar-refractivity contribution in [3.63, 3.8) is 0 Å². The van der Waals surface area contributed by atoms with Gasteiger partial charge in [0.2, 0.25) is 0 Å². The minimum Gasteiger partial charge on any atom is -0.295 e. The van der Waals surface area contributed by atoms with Crippen LogP contribution in [0.5, 0.6) is 0 Å². The van der Waals surface area contributed by atoms with E-state index in [-0.39, 0.29) is 11.7 Å². The van der Waals surface area contributed by atoms with E-state index < -0.39 is 0 Å². The van der Waals surface area contributed by atoms with Crippen LogP contribution in [0, 0.1) is 0 Å². The van der Waals surface area contributed by atoms with Crippen molar-refractivity contribution >= 4 is 35.6 Å². The number of rotatable bonds is 5. The summed E-state index contributed by atoms with van der Waals surface area (Å²) >= 11 is 6.00. The third kappa shape index (κ3) is 5.20. The van der Waals surface area contributed by atoms with Gasteiger partial charge in [0.05, 0.1) is 6.21 Å². The number of hydrogen-bond acceptors (Lipinski definition) is 3. The molecule has 0 saturated carbocycles. The van der Waals surface area contributed by atoms with Crippen LogP contribution >= 0.6 is 11.6 Å². The maximum atomic E-state index is 12.1. The third-order valence-electron chi connectivity index (χ3n) is 2.93. The highest BCUT2D eigenvalue weighted by Gasteiger charge is 2.04. The number of benzene rings is 2. The molecule has 0 heterocycles. The maximum absolute atomic E-state index is 12.1. The van der Waals surface area contributed by atoms with Crippen LogP contribution in [0.2, 0.25) is 5.02 Å². The first-order valence-electron chi connectivity index (χ1n) is 6.93. The zero-order valence-corrected chi connectivity index (χ0v) is 13.2. The molecule has 1 N–H and O–H groups in total. The lowest BCUT2D eigenvalue weighted by Gasteiger charge is -2.01. The molecule has 0 saturated heterocycles. The van der Waals surface area contributed by atoms with Crippen LogP contribution in [-0.2, 0) is 4.79 Å². The standard InChI is InChI=1S/C18H15ClN2O2/c1-13(22)9-10-14-5-4-7-15(11-14)18(23)21-20-12-16-6-2-3-8-17(16)19/h2-12H,1H3,(H,21,23)/b10-9+,20-12+. The monoisotopic (exact) mass is 326 g/mol. The van der Waals surface area contributed by atoms with Gasteiger partial charge in [-0.05, 0) is 36.8 Å². The number of ketones is 1. The predicted molar refractivity (Wildman–Crippen MR) is 92.7 cm³/mol. The van der Waals surface area contributed by atoms with Gasteiger partial charge in [-0.25, -0.2) is 5.43 Å². The zero-order valence-electron chi connectivity index (χ0n) is 12.5. The summed E-state index contributed by atoms with van der Waals surface area (Å²) < 4.78 is 0. The van der Waals surface area contributed by atoms with E-state index in [4.69, 9.17) is 11.6 Å². The summed E-state index contributed by atoms with van der Waals surface area (Å²) in [5.41, 5.74) is 4.38. The third-order valence-corrected chi connectivity index (χ3v) is 3.28. The van der Waals surface area contributed by atoms with Crippen LogP contribution in [0.15, 0.2) is 59.7 Å². The Morgan fingerprint density at radius 1 is 1.13 bits per heavy atom. The number of hydrazone groups is 1. The fourth-order valence-corrected chi connectivity index (χ4v) is 1.99. The highest BCUT2D eigenvalue weighted by atomic mass is 35.5. The van der Waals surface area contributed by atoms with Crippen molar-refractivity contribution in [1.82, 2.24) is 5.43 Å². The summed E-state index contributed by atoms with van der Waals surface area (Å²) in [5.74, 6) is -0.393. The molecule has 2 rings (SSSR count). The SMILES string of the molecule is CC(=O)/C=C/c1cccc(C(=O)N/N=C/c2ccccc2Cl)c1. The average molecular weight is 327 g/mol. The Labute approximate surface area is 139 Å². The molecule has 0 aliphatic heterocycles. The summed E-state index contributed by atoms with van der Waals surface area (Å²) in [7, 11) is 0. The molecule has 0 aliphatic carbocycles. The highest BCUT2D eigenvalue weighted by Crippen LogP contribution is 2.12. The quantitative estimate of drug-likeness (QED) is 0.517. The van der Waals surface area contributed by atoms with E-state index in [9.17, 15) is 9.59 Å². The molecule has 2 aromatic carbocycles. The van der Waals surface area contributed by atoms with Crippen LogP contribution < -0.4 is 5.43 Å². The lowest BCUT2D eigenvalue weighted by atomic mass is 10.1. The summed E-state index contributed by atoms with van der Waals surface area (Å²) in [6.07, 6.45) is 4.60. The summed E-state index contributed by atoms with van der Waals surface area (Å²) in [6, 6.07) is 14.1. The molecule has 0 aliphatic rings. The normalized spacial score (nSPS) is 11.0. The Kier molecular flexibility index (Phi) is 5.83. The number of carbonyl (C=O) groups excluding carboxylic acids is 2. The maximum Gasteiger partial charge on any atom is 0.271 e. The summed E-state index contributed by atoms with van der Waals surface area (Å²) in [4.78, 5) is 23.0. The van der Waals surface area contributed by atoms with Crippen LogP contribution in [0.1, 0.15) is 28.4 Å². The second-order valence-corrected chi connectivity index (χ2v) is 5.20. The molecule has 0 aromatic heterocycles. The van der Waals surface area contributed by atoms with Crippen molar-refractivity contribution in [2.45, 2.75) is 6.92 Å². The molecule has 0 bridgehead atoms. The number of amides is 1. The van der Waals surface area contributed by atoms with Gasteiger partial charge in [0.15, 0.2) is 5.78 Å². The molecule has 5 heteroatoms. The first-order chi connectivity index (χ1) is 11.1. The van der Waals surface area contributed by atoms with Gasteiger partial charge in [0.1, 0.15) is 0 Å². The van der Waals surface area contributed by atoms with E-state index in [0.29, 0.717) is 16.1 Å². The van der Waals surface area contributed by atoms with Crippen molar-refractivity contribution in [2.75, 3.05) is 0 Å². The molecule has 116 valence electrons. The van der Waals surface area contributed by atoms with E-state index in [1.807, 2.05) is 18.2 Å². The molecule has 0 unspecified atom stereocenters. The molecular formula is C18H15ClN2O2. The van der Waals surface area contributed by atoms with E-state index >= 15 is 0 Å². The first kappa shape index (κ1) is 16.6. The molecule has 0 spiro atoms. The van der Waals surface area contributed by atoms with Crippen LogP contribution in [0.3, 0.4) is 0 Å². The summed E-state index contributed by atoms with van der Waals surface area (Å²) in [6.45, 7) is 1.47. The van der Waals surface area contributed by atoms with Gasteiger partial charge in [-0.2, -0.15) is 5.10 Å². The minimum atomic E-state index is -0.341. The molecular weight excluding hydrogens is 312 g/mol. The molecule has 4 nitrogen and oxygen atoms in total. The van der Waals surface area contributed by atoms with Crippen molar-refractivity contribution in [3.05, 3.63) is 76.3 Å². The molecule has 2 aromatic rings. The smallest absolute Gasteiger partial charge is 0.271 e. The van der Waals surface area contributed by atoms with Crippen LogP contribution in [0.4, 0.5) is 0 Å². The van der Waals surface area contributed by atoms with Gasteiger partial charge in [0, 0.05) is 16.1 Å². The summed E-state index contributed by atoms with van der Waals surface area (Å²) in [5, 5.41) is 4.46. The lowest BCUT2D eigenvalue weighted by Crippen LogP contribution is -2.17. The second-order valence-electron chi connectivity index (χ2n) is 4.79. The fraction of sp³-hybridized carbons (Fsp3) is 0.0556. The molecule has 23 heavy (non-hydrogen) atoms. The van der Waals surface area contributed by atoms with Gasteiger partial charge in [-0.15, -0.1) is 0 Å². The van der Waals surface area contributed by atoms with Gasteiger partial charge < -0.3 is 0 Å². The Morgan fingerprint density at radius 2 is 1.91 bits per heavy atom. The lowest BCUT2D eigenvalue weighted by molar-refractivity contribution is -0.112. The fourth-order valence-electron chi connectivity index (χ4n) is 1.80. The Morgan fingerprint density at radius 3 is 2.65 bits per heavy atom. The first-order valence-corrected chi connectivity index (χ1v) is 7.31. The van der Waals surface area contributed by atoms with Crippen molar-refractivity contribution in [3.8, 4) is 0 Å². The molecule has 1 amide bonds. The largest absolute Gasteiger partial charge is 0.295 e. The number of hydrogen-bond donors (Lipinski definition) is 1. The zero-order chi connectivity index (χ0) is 16.7. The van der Waals surface area contributed by atoms with E-state index in [1.54, 1.807) is 36.4 Å². The number of halogens is 1. The number of nitrogens with zero attached hydrogens (tertiary/aromatic N) is 1. The van der Waals surface area contributed by atoms with Crippen molar-refractivity contribution in [1.29, 1.82) is 0 Å². The average Bonchev–Trinajstić information content (AvgIpc) is 2.55. The van der Waals surface area contributed by atoms with E-state index in [1.165, 1.54) is 19.2 Å². The van der Waals surface area contributed by atoms with E-state index in [2.05, 4.69) is 10.5 Å². The van der Waals surface area contributed by atoms with Crippen LogP contribution in [-0.4, -0.2) is 17.9 Å². The van der Waals surface area contributed by atoms with E-state index in [0.717, 1.165) is 5.56 Å². The number of carbonyl (C=O) groups is 2. The number of nitrogens with one attached hydrogen (secondary N) is 1. The molecule has 0 radical (unpaired) electrons.